The van der Waals surface area contributed by atoms with E-state index in [4.69, 9.17) is 21.4 Å². The van der Waals surface area contributed by atoms with Gasteiger partial charge in [-0.3, -0.25) is 4.90 Å². The van der Waals surface area contributed by atoms with Crippen LogP contribution < -0.4 is 15.0 Å². The predicted octanol–water partition coefficient (Wildman–Crippen LogP) is 4.30. The fourth-order valence-electron chi connectivity index (χ4n) is 4.52. The zero-order valence-electron chi connectivity index (χ0n) is 19.9. The molecule has 8 nitrogen and oxygen atoms in total. The monoisotopic (exact) mass is 492 g/mol. The zero-order chi connectivity index (χ0) is 24.4. The minimum absolute atomic E-state index is 0.299. The Morgan fingerprint density at radius 3 is 2.69 bits per heavy atom. The Bertz CT molecular complexity index is 1320. The fraction of sp³-hybridized carbons (Fsp3) is 0.308. The molecule has 3 heterocycles. The number of methoxy groups -OCH3 is 1. The van der Waals surface area contributed by atoms with Gasteiger partial charge in [0.2, 0.25) is 5.95 Å². The van der Waals surface area contributed by atoms with Gasteiger partial charge in [-0.2, -0.15) is 0 Å². The molecule has 1 aliphatic rings. The van der Waals surface area contributed by atoms with E-state index in [0.717, 1.165) is 66.6 Å². The maximum Gasteiger partial charge on any atom is 0.245 e. The van der Waals surface area contributed by atoms with Crippen LogP contribution in [0.25, 0.3) is 16.8 Å². The van der Waals surface area contributed by atoms with Crippen LogP contribution in [0.5, 0.6) is 5.75 Å². The second-order valence-corrected chi connectivity index (χ2v) is 9.23. The molecule has 182 valence electrons. The minimum atomic E-state index is -0.299. The highest BCUT2D eigenvalue weighted by Crippen LogP contribution is 2.33. The molecule has 2 aromatic heterocycles. The van der Waals surface area contributed by atoms with Crippen molar-refractivity contribution in [2.24, 2.45) is 0 Å². The van der Waals surface area contributed by atoms with Crippen molar-refractivity contribution in [3.05, 3.63) is 65.8 Å². The molecule has 0 aliphatic carbocycles. The number of ether oxygens (including phenoxy) is 1. The molecule has 5 rings (SSSR count). The molecule has 0 unspecified atom stereocenters. The molecule has 1 saturated heterocycles. The van der Waals surface area contributed by atoms with Crippen LogP contribution in [0.1, 0.15) is 6.92 Å². The lowest BCUT2D eigenvalue weighted by atomic mass is 10.1. The number of aromatic nitrogens is 3. The minimum Gasteiger partial charge on any atom is -0.496 e. The van der Waals surface area contributed by atoms with Crippen LogP contribution in [-0.4, -0.2) is 70.5 Å². The van der Waals surface area contributed by atoms with Crippen LogP contribution in [0.15, 0.2) is 60.8 Å². The summed E-state index contributed by atoms with van der Waals surface area (Å²) in [6, 6.07) is 17.8. The summed E-state index contributed by atoms with van der Waals surface area (Å²) in [7, 11) is 1.64. The van der Waals surface area contributed by atoms with Gasteiger partial charge in [0.25, 0.3) is 0 Å². The molecule has 9 heteroatoms. The topological polar surface area (TPSA) is 78.2 Å². The molecule has 0 spiro atoms. The van der Waals surface area contributed by atoms with Crippen molar-refractivity contribution in [3.63, 3.8) is 0 Å². The van der Waals surface area contributed by atoms with Crippen LogP contribution in [0, 0.1) is 0 Å². The van der Waals surface area contributed by atoms with E-state index in [1.54, 1.807) is 13.3 Å². The largest absolute Gasteiger partial charge is 0.496 e. The maximum absolute atomic E-state index is 9.65. The number of fused-ring (bicyclic) bond motifs is 1. The number of aliphatic hydroxyl groups is 1. The van der Waals surface area contributed by atoms with Gasteiger partial charge >= 0.3 is 0 Å². The molecule has 0 amide bonds. The first-order valence-corrected chi connectivity index (χ1v) is 12.1. The smallest absolute Gasteiger partial charge is 0.245 e. The quantitative estimate of drug-likeness (QED) is 0.398. The van der Waals surface area contributed by atoms with Crippen molar-refractivity contribution in [2.75, 3.05) is 50.1 Å². The lowest BCUT2D eigenvalue weighted by Gasteiger charge is -2.36. The van der Waals surface area contributed by atoms with Crippen LogP contribution in [0.4, 0.5) is 17.3 Å². The Kier molecular flexibility index (Phi) is 6.77. The first-order valence-electron chi connectivity index (χ1n) is 11.7. The summed E-state index contributed by atoms with van der Waals surface area (Å²) in [6.45, 7) is 6.28. The molecule has 2 aromatic carbocycles. The average Bonchev–Trinajstić information content (AvgIpc) is 3.27. The van der Waals surface area contributed by atoms with E-state index in [1.165, 1.54) is 0 Å². The molecule has 0 radical (unpaired) electrons. The van der Waals surface area contributed by atoms with E-state index in [9.17, 15) is 5.11 Å². The van der Waals surface area contributed by atoms with Gasteiger partial charge in [0.15, 0.2) is 0 Å². The van der Waals surface area contributed by atoms with Gasteiger partial charge in [-0.15, -0.1) is 5.10 Å². The number of hydrogen-bond acceptors (Lipinski definition) is 7. The number of nitrogens with zero attached hydrogens (tertiary/aromatic N) is 5. The highest BCUT2D eigenvalue weighted by molar-refractivity contribution is 6.31. The van der Waals surface area contributed by atoms with Crippen LogP contribution in [-0.2, 0) is 0 Å². The van der Waals surface area contributed by atoms with Crippen LogP contribution in [0.2, 0.25) is 5.02 Å². The van der Waals surface area contributed by atoms with Gasteiger partial charge in [-0.05, 0) is 55.5 Å². The number of nitrogens with one attached hydrogen (secondary N) is 1. The second kappa shape index (κ2) is 10.1. The van der Waals surface area contributed by atoms with E-state index >= 15 is 0 Å². The van der Waals surface area contributed by atoms with Crippen molar-refractivity contribution >= 4 is 34.4 Å². The van der Waals surface area contributed by atoms with E-state index in [0.29, 0.717) is 11.0 Å². The van der Waals surface area contributed by atoms with E-state index < -0.39 is 0 Å². The molecule has 1 atom stereocenters. The second-order valence-electron chi connectivity index (χ2n) is 8.79. The summed E-state index contributed by atoms with van der Waals surface area (Å²) in [5.74, 6) is 1.22. The summed E-state index contributed by atoms with van der Waals surface area (Å²) in [5.41, 5.74) is 4.67. The number of piperazine rings is 1. The Morgan fingerprint density at radius 1 is 1.09 bits per heavy atom. The first-order chi connectivity index (χ1) is 17.0. The molecule has 1 aliphatic heterocycles. The molecular weight excluding hydrogens is 464 g/mol. The summed E-state index contributed by atoms with van der Waals surface area (Å²) in [5, 5.41) is 18.4. The van der Waals surface area contributed by atoms with E-state index in [-0.39, 0.29) is 6.10 Å². The summed E-state index contributed by atoms with van der Waals surface area (Å²) in [6.07, 6.45) is 1.49. The Morgan fingerprint density at radius 2 is 1.91 bits per heavy atom. The number of anilines is 3. The van der Waals surface area contributed by atoms with Crippen molar-refractivity contribution in [2.45, 2.75) is 13.0 Å². The van der Waals surface area contributed by atoms with Gasteiger partial charge in [0.1, 0.15) is 5.75 Å². The Labute approximate surface area is 209 Å². The lowest BCUT2D eigenvalue weighted by Crippen LogP contribution is -2.48. The Balaban J connectivity index is 1.36. The highest BCUT2D eigenvalue weighted by Gasteiger charge is 2.18. The maximum atomic E-state index is 9.65. The van der Waals surface area contributed by atoms with Gasteiger partial charge in [-0.25, -0.2) is 9.50 Å². The number of hydrogen-bond donors (Lipinski definition) is 2. The van der Waals surface area contributed by atoms with Crippen molar-refractivity contribution in [1.82, 2.24) is 19.5 Å². The third-order valence-electron chi connectivity index (χ3n) is 6.20. The normalized spacial score (nSPS) is 15.4. The molecular formula is C26H29ClN6O2. The van der Waals surface area contributed by atoms with E-state index in [2.05, 4.69) is 32.2 Å². The summed E-state index contributed by atoms with van der Waals surface area (Å²) < 4.78 is 7.39. The van der Waals surface area contributed by atoms with Crippen LogP contribution in [0.3, 0.4) is 0 Å². The number of aliphatic hydroxyl groups excluding tert-OH is 1. The van der Waals surface area contributed by atoms with Gasteiger partial charge in [0.05, 0.1) is 30.6 Å². The zero-order valence-corrected chi connectivity index (χ0v) is 20.6. The molecule has 0 bridgehead atoms. The third-order valence-corrected chi connectivity index (χ3v) is 6.43. The molecule has 0 saturated carbocycles. The van der Waals surface area contributed by atoms with E-state index in [1.807, 2.05) is 53.9 Å². The predicted molar refractivity (Wildman–Crippen MR) is 140 cm³/mol. The van der Waals surface area contributed by atoms with Crippen molar-refractivity contribution in [1.29, 1.82) is 0 Å². The van der Waals surface area contributed by atoms with Crippen molar-refractivity contribution < 1.29 is 9.84 Å². The number of β-amino-alcohol motifs (C(OH)–C–C–N with tert-alkyl or cyclic N) is 1. The standard InChI is InChI=1S/C26H29ClN6O2/c1-18(34)17-31-10-12-32(13-11-31)21-5-3-4-20(15-21)29-26-28-16-22-7-8-24(33(22)30-26)23-14-19(27)6-9-25(23)35-2/h3-9,14-16,18,34H,10-13,17H2,1-2H3,(H,29,30)/t18-/m0/s1. The lowest BCUT2D eigenvalue weighted by molar-refractivity contribution is 0.123. The summed E-state index contributed by atoms with van der Waals surface area (Å²) >= 11 is 6.26. The van der Waals surface area contributed by atoms with Crippen LogP contribution >= 0.6 is 11.6 Å². The number of rotatable bonds is 7. The van der Waals surface area contributed by atoms with Gasteiger partial charge < -0.3 is 20.1 Å². The van der Waals surface area contributed by atoms with Crippen molar-refractivity contribution in [3.8, 4) is 17.0 Å². The third kappa shape index (κ3) is 5.19. The highest BCUT2D eigenvalue weighted by atomic mass is 35.5. The van der Waals surface area contributed by atoms with Gasteiger partial charge in [0, 0.05) is 54.7 Å². The average molecular weight is 493 g/mol. The number of benzene rings is 2. The molecule has 2 N–H and O–H groups in total. The SMILES string of the molecule is COc1ccc(Cl)cc1-c1ccc2cnc(Nc3cccc(N4CCN(C[C@H](C)O)CC4)c3)nn12. The first kappa shape index (κ1) is 23.4. The molecule has 1 fully saturated rings. The fourth-order valence-corrected chi connectivity index (χ4v) is 4.69. The molecule has 35 heavy (non-hydrogen) atoms. The molecule has 4 aromatic rings. The summed E-state index contributed by atoms with van der Waals surface area (Å²) in [4.78, 5) is 9.17. The number of halogens is 1. The van der Waals surface area contributed by atoms with Gasteiger partial charge in [-0.1, -0.05) is 17.7 Å². The Hall–Kier alpha value is -3.33.